The molecule has 0 aliphatic heterocycles. The van der Waals surface area contributed by atoms with E-state index in [1.807, 2.05) is 11.8 Å². The molecule has 0 fully saturated rings. The van der Waals surface area contributed by atoms with E-state index in [4.69, 9.17) is 0 Å². The first-order valence-electron chi connectivity index (χ1n) is 4.89. The summed E-state index contributed by atoms with van der Waals surface area (Å²) in [6.07, 6.45) is 8.34. The Hall–Kier alpha value is 0.0500. The van der Waals surface area contributed by atoms with Crippen molar-refractivity contribution in [1.29, 1.82) is 0 Å². The quantitative estimate of drug-likeness (QED) is 0.504. The molecule has 0 atom stereocenters. The van der Waals surface area contributed by atoms with Crippen LogP contribution in [0.4, 0.5) is 0 Å². The fraction of sp³-hybridized carbons (Fsp3) is 0.800. The zero-order valence-electron chi connectivity index (χ0n) is 7.88. The first kappa shape index (κ1) is 10.1. The van der Waals surface area contributed by atoms with Crippen LogP contribution in [0.25, 0.3) is 0 Å². The predicted octanol–water partition coefficient (Wildman–Crippen LogP) is 2.44. The van der Waals surface area contributed by atoms with Gasteiger partial charge in [0.25, 0.3) is 0 Å². The summed E-state index contributed by atoms with van der Waals surface area (Å²) in [4.78, 5) is 0. The smallest absolute Gasteiger partial charge is 0.0136 e. The van der Waals surface area contributed by atoms with E-state index >= 15 is 0 Å². The van der Waals surface area contributed by atoms with Gasteiger partial charge in [-0.1, -0.05) is 19.1 Å². The Kier molecular flexibility index (Phi) is 5.53. The Morgan fingerprint density at radius 2 is 2.17 bits per heavy atom. The summed E-state index contributed by atoms with van der Waals surface area (Å²) in [5.74, 6) is 2.56. The maximum absolute atomic E-state index is 3.56. The van der Waals surface area contributed by atoms with Crippen molar-refractivity contribution in [2.75, 3.05) is 18.1 Å². The molecule has 0 radical (unpaired) electrons. The molecular formula is C10H19NS. The highest BCUT2D eigenvalue weighted by Gasteiger charge is 2.07. The largest absolute Gasteiger partial charge is 0.313 e. The Labute approximate surface area is 80.0 Å². The number of nitrogens with one attached hydrogen (secondary N) is 1. The lowest BCUT2D eigenvalue weighted by Gasteiger charge is -2.10. The Bertz CT molecular complexity index is 126. The van der Waals surface area contributed by atoms with Crippen molar-refractivity contribution >= 4 is 11.8 Å². The fourth-order valence-corrected chi connectivity index (χ4v) is 2.05. The van der Waals surface area contributed by atoms with Crippen molar-refractivity contribution in [3.8, 4) is 0 Å². The summed E-state index contributed by atoms with van der Waals surface area (Å²) in [6.45, 7) is 3.42. The van der Waals surface area contributed by atoms with Gasteiger partial charge in [0.1, 0.15) is 0 Å². The summed E-state index contributed by atoms with van der Waals surface area (Å²) in [5.41, 5.74) is 0. The summed E-state index contributed by atoms with van der Waals surface area (Å²) >= 11 is 2.03. The number of hydrogen-bond acceptors (Lipinski definition) is 2. The van der Waals surface area contributed by atoms with E-state index in [2.05, 4.69) is 24.4 Å². The average Bonchev–Trinajstić information content (AvgIpc) is 2.57. The minimum Gasteiger partial charge on any atom is -0.313 e. The van der Waals surface area contributed by atoms with E-state index in [1.54, 1.807) is 0 Å². The highest BCUT2D eigenvalue weighted by Crippen LogP contribution is 2.09. The summed E-state index contributed by atoms with van der Waals surface area (Å²) in [5, 5.41) is 3.56. The number of thioether (sulfide) groups is 1. The van der Waals surface area contributed by atoms with Crippen LogP contribution in [0.15, 0.2) is 12.2 Å². The van der Waals surface area contributed by atoms with Crippen LogP contribution >= 0.6 is 11.8 Å². The van der Waals surface area contributed by atoms with Gasteiger partial charge < -0.3 is 5.32 Å². The molecule has 0 amide bonds. The molecule has 1 nitrogen and oxygen atoms in total. The lowest BCUT2D eigenvalue weighted by molar-refractivity contribution is 0.538. The molecule has 0 saturated carbocycles. The maximum atomic E-state index is 3.56. The predicted molar refractivity (Wildman–Crippen MR) is 57.8 cm³/mol. The van der Waals surface area contributed by atoms with Crippen molar-refractivity contribution in [3.05, 3.63) is 12.2 Å². The monoisotopic (exact) mass is 185 g/mol. The normalized spacial score (nSPS) is 17.4. The second-order valence-electron chi connectivity index (χ2n) is 3.14. The topological polar surface area (TPSA) is 12.0 Å². The SMILES string of the molecule is CCSCCCNC1CC=CC1. The van der Waals surface area contributed by atoms with Crippen molar-refractivity contribution < 1.29 is 0 Å². The van der Waals surface area contributed by atoms with Gasteiger partial charge in [0.2, 0.25) is 0 Å². The molecule has 0 heterocycles. The van der Waals surface area contributed by atoms with E-state index in [-0.39, 0.29) is 0 Å². The second kappa shape index (κ2) is 6.55. The first-order valence-corrected chi connectivity index (χ1v) is 6.05. The van der Waals surface area contributed by atoms with Gasteiger partial charge in [0.15, 0.2) is 0 Å². The third kappa shape index (κ3) is 4.17. The van der Waals surface area contributed by atoms with Gasteiger partial charge in [-0.2, -0.15) is 11.8 Å². The molecule has 1 rings (SSSR count). The molecule has 0 aromatic carbocycles. The van der Waals surface area contributed by atoms with Crippen LogP contribution < -0.4 is 5.32 Å². The molecule has 70 valence electrons. The van der Waals surface area contributed by atoms with Gasteiger partial charge in [-0.25, -0.2) is 0 Å². The van der Waals surface area contributed by atoms with Crippen molar-refractivity contribution in [2.45, 2.75) is 32.2 Å². The fourth-order valence-electron chi connectivity index (χ4n) is 1.41. The maximum Gasteiger partial charge on any atom is 0.0136 e. The summed E-state index contributed by atoms with van der Waals surface area (Å²) in [6, 6.07) is 0.747. The standard InChI is InChI=1S/C10H19NS/c1-2-12-9-5-8-11-10-6-3-4-7-10/h3-4,10-11H,2,5-9H2,1H3. The van der Waals surface area contributed by atoms with Crippen LogP contribution in [-0.2, 0) is 0 Å². The third-order valence-corrected chi connectivity index (χ3v) is 3.10. The zero-order valence-corrected chi connectivity index (χ0v) is 8.70. The van der Waals surface area contributed by atoms with Crippen LogP contribution in [0.3, 0.4) is 0 Å². The van der Waals surface area contributed by atoms with E-state index < -0.39 is 0 Å². The molecule has 1 aliphatic carbocycles. The molecule has 0 spiro atoms. The molecule has 0 bridgehead atoms. The minimum atomic E-state index is 0.747. The highest BCUT2D eigenvalue weighted by molar-refractivity contribution is 7.99. The van der Waals surface area contributed by atoms with Crippen LogP contribution in [-0.4, -0.2) is 24.1 Å². The van der Waals surface area contributed by atoms with E-state index in [0.29, 0.717) is 0 Å². The summed E-state index contributed by atoms with van der Waals surface area (Å²) in [7, 11) is 0. The second-order valence-corrected chi connectivity index (χ2v) is 4.54. The third-order valence-electron chi connectivity index (χ3n) is 2.11. The van der Waals surface area contributed by atoms with Crippen LogP contribution in [0, 0.1) is 0 Å². The van der Waals surface area contributed by atoms with Crippen molar-refractivity contribution in [1.82, 2.24) is 5.32 Å². The average molecular weight is 185 g/mol. The van der Waals surface area contributed by atoms with Crippen molar-refractivity contribution in [2.24, 2.45) is 0 Å². The van der Waals surface area contributed by atoms with Gasteiger partial charge in [0.05, 0.1) is 0 Å². The Morgan fingerprint density at radius 1 is 1.42 bits per heavy atom. The van der Waals surface area contributed by atoms with Gasteiger partial charge in [-0.15, -0.1) is 0 Å². The van der Waals surface area contributed by atoms with Crippen LogP contribution in [0.1, 0.15) is 26.2 Å². The van der Waals surface area contributed by atoms with Gasteiger partial charge >= 0.3 is 0 Å². The molecule has 0 unspecified atom stereocenters. The van der Waals surface area contributed by atoms with Gasteiger partial charge in [0, 0.05) is 6.04 Å². The number of rotatable bonds is 6. The number of hydrogen-bond donors (Lipinski definition) is 1. The van der Waals surface area contributed by atoms with E-state index in [1.165, 1.54) is 37.3 Å². The lowest BCUT2D eigenvalue weighted by Crippen LogP contribution is -2.27. The molecule has 2 heteroatoms. The Balaban J connectivity index is 1.82. The Morgan fingerprint density at radius 3 is 2.83 bits per heavy atom. The first-order chi connectivity index (χ1) is 5.93. The van der Waals surface area contributed by atoms with E-state index in [0.717, 1.165) is 6.04 Å². The molecule has 0 saturated heterocycles. The molecule has 12 heavy (non-hydrogen) atoms. The zero-order chi connectivity index (χ0) is 8.65. The molecule has 1 aliphatic rings. The van der Waals surface area contributed by atoms with Crippen LogP contribution in [0.5, 0.6) is 0 Å². The molecule has 1 N–H and O–H groups in total. The molecular weight excluding hydrogens is 166 g/mol. The van der Waals surface area contributed by atoms with Gasteiger partial charge in [-0.05, 0) is 37.3 Å². The lowest BCUT2D eigenvalue weighted by atomic mass is 10.2. The summed E-state index contributed by atoms with van der Waals surface area (Å²) < 4.78 is 0. The van der Waals surface area contributed by atoms with E-state index in [9.17, 15) is 0 Å². The molecule has 0 aromatic rings. The van der Waals surface area contributed by atoms with Crippen molar-refractivity contribution in [3.63, 3.8) is 0 Å². The highest BCUT2D eigenvalue weighted by atomic mass is 32.2. The van der Waals surface area contributed by atoms with Crippen LogP contribution in [0.2, 0.25) is 0 Å². The minimum absolute atomic E-state index is 0.747. The van der Waals surface area contributed by atoms with Gasteiger partial charge in [-0.3, -0.25) is 0 Å². The molecule has 0 aromatic heterocycles.